The van der Waals surface area contributed by atoms with Crippen LogP contribution in [0.3, 0.4) is 0 Å². The van der Waals surface area contributed by atoms with E-state index in [-0.39, 0.29) is 11.7 Å². The smallest absolute Gasteiger partial charge is 0.409 e. The molecule has 184 valence electrons. The first-order valence-corrected chi connectivity index (χ1v) is 12.0. The summed E-state index contributed by atoms with van der Waals surface area (Å²) in [6, 6.07) is 1.88. The average molecular weight is 475 g/mol. The molecule has 1 fully saturated rings. The topological polar surface area (TPSA) is 66.7 Å². The van der Waals surface area contributed by atoms with Crippen molar-refractivity contribution in [3.05, 3.63) is 34.3 Å². The van der Waals surface area contributed by atoms with Crippen LogP contribution >= 0.6 is 0 Å². The molecule has 10 heteroatoms. The minimum atomic E-state index is -2.58. The Balaban J connectivity index is 1.60. The molecular weight excluding hydrogens is 442 g/mol. The van der Waals surface area contributed by atoms with Crippen LogP contribution in [0.2, 0.25) is 0 Å². The van der Waals surface area contributed by atoms with E-state index in [9.17, 15) is 13.6 Å². The average Bonchev–Trinajstić information content (AvgIpc) is 3.21. The zero-order valence-corrected chi connectivity index (χ0v) is 20.1. The quantitative estimate of drug-likeness (QED) is 0.670. The number of anilines is 2. The summed E-state index contributed by atoms with van der Waals surface area (Å²) in [4.78, 5) is 22.9. The van der Waals surface area contributed by atoms with Crippen molar-refractivity contribution in [1.82, 2.24) is 24.6 Å². The molecular formula is C24H32F2N6O2. The summed E-state index contributed by atoms with van der Waals surface area (Å²) in [5.41, 5.74) is 4.01. The highest BCUT2D eigenvalue weighted by atomic mass is 19.3. The van der Waals surface area contributed by atoms with Gasteiger partial charge in [0, 0.05) is 42.0 Å². The van der Waals surface area contributed by atoms with Gasteiger partial charge in [-0.05, 0) is 58.8 Å². The molecule has 5 rings (SSSR count). The zero-order chi connectivity index (χ0) is 24.0. The normalized spacial score (nSPS) is 19.4. The first kappa shape index (κ1) is 23.0. The maximum atomic E-state index is 13.7. The molecule has 0 N–H and O–H groups in total. The van der Waals surface area contributed by atoms with Gasteiger partial charge in [0.05, 0.1) is 31.1 Å². The molecule has 0 aliphatic carbocycles. The number of carbonyl (C=O) groups excluding carboxylic acids is 1. The number of aryl methyl sites for hydroxylation is 2. The van der Waals surface area contributed by atoms with Gasteiger partial charge in [0.15, 0.2) is 5.82 Å². The molecule has 1 amide bonds. The number of rotatable bonds is 3. The summed E-state index contributed by atoms with van der Waals surface area (Å²) in [7, 11) is 3.52. The summed E-state index contributed by atoms with van der Waals surface area (Å²) < 4.78 is 34.6. The second-order valence-electron chi connectivity index (χ2n) is 9.55. The Morgan fingerprint density at radius 2 is 1.94 bits per heavy atom. The van der Waals surface area contributed by atoms with E-state index in [1.165, 1.54) is 7.11 Å². The van der Waals surface area contributed by atoms with Crippen LogP contribution < -0.4 is 4.90 Å². The van der Waals surface area contributed by atoms with Crippen molar-refractivity contribution in [2.45, 2.75) is 58.0 Å². The third kappa shape index (κ3) is 4.01. The lowest BCUT2D eigenvalue weighted by Gasteiger charge is -2.32. The molecule has 0 aromatic carbocycles. The fourth-order valence-corrected chi connectivity index (χ4v) is 5.51. The highest BCUT2D eigenvalue weighted by Crippen LogP contribution is 2.40. The zero-order valence-electron chi connectivity index (χ0n) is 20.1. The van der Waals surface area contributed by atoms with Crippen LogP contribution in [0.4, 0.5) is 25.1 Å². The van der Waals surface area contributed by atoms with E-state index in [1.54, 1.807) is 17.9 Å². The predicted octanol–water partition coefficient (Wildman–Crippen LogP) is 4.00. The summed E-state index contributed by atoms with van der Waals surface area (Å²) in [5, 5.41) is 5.11. The van der Waals surface area contributed by atoms with E-state index >= 15 is 0 Å². The molecule has 8 nitrogen and oxygen atoms in total. The number of amides is 1. The molecule has 0 unspecified atom stereocenters. The standard InChI is InChI=1S/C24H32F2N6O2/c1-15-17(22(25)26)13-21-19(27-15)5-4-9-31(21)23-18-14-30(24(33)34-3)12-8-20(18)32(28-23)16-6-10-29(2)11-7-16/h13,16,22H,4-12,14H2,1-3H3. The second-order valence-corrected chi connectivity index (χ2v) is 9.55. The van der Waals surface area contributed by atoms with Crippen molar-refractivity contribution in [3.8, 4) is 0 Å². The number of likely N-dealkylation sites (tertiary alicyclic amines) is 1. The van der Waals surface area contributed by atoms with Crippen molar-refractivity contribution in [1.29, 1.82) is 0 Å². The maximum Gasteiger partial charge on any atom is 0.409 e. The SMILES string of the molecule is COC(=O)N1CCc2c(c(N3CCCc4nc(C)c(C(F)F)cc43)nn2C2CCN(C)CC2)C1. The van der Waals surface area contributed by atoms with Crippen molar-refractivity contribution < 1.29 is 18.3 Å². The molecule has 0 radical (unpaired) electrons. The number of piperidine rings is 1. The van der Waals surface area contributed by atoms with Crippen LogP contribution in [0, 0.1) is 6.92 Å². The van der Waals surface area contributed by atoms with Gasteiger partial charge < -0.3 is 19.4 Å². The molecule has 2 aromatic heterocycles. The number of fused-ring (bicyclic) bond motifs is 2. The Bertz CT molecular complexity index is 1080. The highest BCUT2D eigenvalue weighted by Gasteiger charge is 2.35. The van der Waals surface area contributed by atoms with Crippen molar-refractivity contribution >= 4 is 17.6 Å². The van der Waals surface area contributed by atoms with E-state index in [2.05, 4.69) is 21.6 Å². The molecule has 3 aliphatic rings. The van der Waals surface area contributed by atoms with Crippen LogP contribution in [0.5, 0.6) is 0 Å². The molecule has 3 aliphatic heterocycles. The Morgan fingerprint density at radius 3 is 2.65 bits per heavy atom. The lowest BCUT2D eigenvalue weighted by molar-refractivity contribution is 0.118. The molecule has 0 bridgehead atoms. The fourth-order valence-electron chi connectivity index (χ4n) is 5.51. The number of halogens is 2. The van der Waals surface area contributed by atoms with Gasteiger partial charge in [-0.15, -0.1) is 0 Å². The number of methoxy groups -OCH3 is 1. The number of aromatic nitrogens is 3. The van der Waals surface area contributed by atoms with E-state index in [0.717, 1.165) is 61.5 Å². The third-order valence-corrected chi connectivity index (χ3v) is 7.42. The molecule has 0 atom stereocenters. The lowest BCUT2D eigenvalue weighted by Crippen LogP contribution is -2.37. The van der Waals surface area contributed by atoms with Gasteiger partial charge in [-0.3, -0.25) is 9.67 Å². The Morgan fingerprint density at radius 1 is 1.18 bits per heavy atom. The van der Waals surface area contributed by atoms with Gasteiger partial charge in [0.1, 0.15) is 0 Å². The van der Waals surface area contributed by atoms with E-state index in [4.69, 9.17) is 9.84 Å². The van der Waals surface area contributed by atoms with Gasteiger partial charge in [0.2, 0.25) is 0 Å². The van der Waals surface area contributed by atoms with E-state index in [0.29, 0.717) is 43.5 Å². The van der Waals surface area contributed by atoms with Crippen LogP contribution in [-0.4, -0.2) is 71.0 Å². The molecule has 2 aromatic rings. The molecule has 0 saturated carbocycles. The number of ether oxygens (including phenoxy) is 1. The minimum Gasteiger partial charge on any atom is -0.453 e. The third-order valence-electron chi connectivity index (χ3n) is 7.42. The number of hydrogen-bond donors (Lipinski definition) is 0. The van der Waals surface area contributed by atoms with Crippen molar-refractivity contribution in [2.24, 2.45) is 0 Å². The van der Waals surface area contributed by atoms with Crippen LogP contribution in [-0.2, 0) is 24.1 Å². The van der Waals surface area contributed by atoms with Gasteiger partial charge in [-0.2, -0.15) is 5.10 Å². The Kier molecular flexibility index (Phi) is 6.18. The largest absolute Gasteiger partial charge is 0.453 e. The van der Waals surface area contributed by atoms with Crippen molar-refractivity contribution in [2.75, 3.05) is 45.2 Å². The Hall–Kier alpha value is -2.75. The fraction of sp³-hybridized carbons (Fsp3) is 0.625. The van der Waals surface area contributed by atoms with Crippen molar-refractivity contribution in [3.63, 3.8) is 0 Å². The van der Waals surface area contributed by atoms with Crippen LogP contribution in [0.15, 0.2) is 6.07 Å². The minimum absolute atomic E-state index is 0.0366. The van der Waals surface area contributed by atoms with Gasteiger partial charge in [-0.25, -0.2) is 13.6 Å². The first-order chi connectivity index (χ1) is 16.4. The second kappa shape index (κ2) is 9.13. The molecule has 1 saturated heterocycles. The summed E-state index contributed by atoms with van der Waals surface area (Å²) >= 11 is 0. The maximum absolute atomic E-state index is 13.7. The number of pyridine rings is 1. The first-order valence-electron chi connectivity index (χ1n) is 12.0. The molecule has 0 spiro atoms. The van der Waals surface area contributed by atoms with Gasteiger partial charge in [0.25, 0.3) is 6.43 Å². The van der Waals surface area contributed by atoms with Gasteiger partial charge >= 0.3 is 6.09 Å². The summed E-state index contributed by atoms with van der Waals surface area (Å²) in [6.07, 6.45) is 1.39. The number of hydrogen-bond acceptors (Lipinski definition) is 6. The van der Waals surface area contributed by atoms with E-state index < -0.39 is 6.43 Å². The lowest BCUT2D eigenvalue weighted by atomic mass is 10.0. The Labute approximate surface area is 198 Å². The van der Waals surface area contributed by atoms with Crippen LogP contribution in [0.1, 0.15) is 59.9 Å². The number of nitrogens with zero attached hydrogens (tertiary/aromatic N) is 6. The molecule has 34 heavy (non-hydrogen) atoms. The summed E-state index contributed by atoms with van der Waals surface area (Å²) in [6.45, 7) is 5.31. The monoisotopic (exact) mass is 474 g/mol. The highest BCUT2D eigenvalue weighted by molar-refractivity contribution is 5.71. The van der Waals surface area contributed by atoms with E-state index in [1.807, 2.05) is 4.90 Å². The molecule has 5 heterocycles. The predicted molar refractivity (Wildman–Crippen MR) is 124 cm³/mol. The summed E-state index contributed by atoms with van der Waals surface area (Å²) in [5.74, 6) is 0.759. The van der Waals surface area contributed by atoms with Gasteiger partial charge in [-0.1, -0.05) is 0 Å². The number of alkyl halides is 2. The van der Waals surface area contributed by atoms with Crippen LogP contribution in [0.25, 0.3) is 0 Å². The number of carbonyl (C=O) groups is 1.